The summed E-state index contributed by atoms with van der Waals surface area (Å²) in [6, 6.07) is 7.13. The molecule has 0 bridgehead atoms. The van der Waals surface area contributed by atoms with E-state index < -0.39 is 11.8 Å². The zero-order chi connectivity index (χ0) is 26.9. The van der Waals surface area contributed by atoms with Gasteiger partial charge in [-0.1, -0.05) is 11.6 Å². The van der Waals surface area contributed by atoms with Crippen molar-refractivity contribution in [2.24, 2.45) is 11.5 Å². The molecule has 0 radical (unpaired) electrons. The highest BCUT2D eigenvalue weighted by Gasteiger charge is 2.19. The van der Waals surface area contributed by atoms with E-state index >= 15 is 0 Å². The van der Waals surface area contributed by atoms with Crippen LogP contribution in [0.5, 0.6) is 0 Å². The number of likely N-dealkylation sites (N-methyl/N-ethyl adjacent to an activating group) is 1. The van der Waals surface area contributed by atoms with E-state index in [4.69, 9.17) is 23.1 Å². The average Bonchev–Trinajstić information content (AvgIpc) is 3.49. The number of primary amides is 2. The van der Waals surface area contributed by atoms with E-state index in [1.54, 1.807) is 18.2 Å². The second-order valence-electron chi connectivity index (χ2n) is 8.90. The summed E-state index contributed by atoms with van der Waals surface area (Å²) in [5, 5.41) is 4.78. The van der Waals surface area contributed by atoms with Crippen LogP contribution in [0.15, 0.2) is 24.3 Å². The van der Waals surface area contributed by atoms with Crippen LogP contribution in [0.3, 0.4) is 0 Å². The Bertz CT molecular complexity index is 1240. The summed E-state index contributed by atoms with van der Waals surface area (Å²) in [6.45, 7) is 6.45. The smallest absolute Gasteiger partial charge is 0.317 e. The Labute approximate surface area is 225 Å². The number of rotatable bonds is 3. The molecule has 4 heterocycles. The van der Waals surface area contributed by atoms with Crippen molar-refractivity contribution in [3.8, 4) is 0 Å². The molecular weight excluding hydrogens is 514 g/mol. The summed E-state index contributed by atoms with van der Waals surface area (Å²) >= 11 is 7.20. The number of piperidine rings is 1. The second-order valence-corrected chi connectivity index (χ2v) is 10.4. The molecule has 2 aliphatic rings. The number of hydrogen-bond donors (Lipinski definition) is 4. The van der Waals surface area contributed by atoms with E-state index in [1.165, 1.54) is 22.6 Å². The van der Waals surface area contributed by atoms with Crippen LogP contribution in [-0.4, -0.2) is 70.8 Å². The van der Waals surface area contributed by atoms with Gasteiger partial charge in [0.1, 0.15) is 5.69 Å². The number of urea groups is 1. The van der Waals surface area contributed by atoms with Gasteiger partial charge in [0.25, 0.3) is 11.8 Å². The molecule has 2 aromatic heterocycles. The van der Waals surface area contributed by atoms with Crippen LogP contribution in [0, 0.1) is 0 Å². The van der Waals surface area contributed by atoms with Crippen LogP contribution < -0.4 is 16.8 Å². The predicted octanol–water partition coefficient (Wildman–Crippen LogP) is 3.35. The molecule has 0 saturated carbocycles. The number of H-pyrrole nitrogens is 1. The van der Waals surface area contributed by atoms with Crippen molar-refractivity contribution in [3.63, 3.8) is 0 Å². The third-order valence-electron chi connectivity index (χ3n) is 5.95. The van der Waals surface area contributed by atoms with Gasteiger partial charge in [0, 0.05) is 59.9 Å². The molecule has 0 atom stereocenters. The minimum absolute atomic E-state index is 0.104. The molecule has 1 saturated heterocycles. The first-order valence-corrected chi connectivity index (χ1v) is 13.4. The standard InChI is InChI=1S/C9H7ClN2O.C8H11N3OS.C8H16N2O/c10-6-1-2-7-5(3-6)4-8(12-7)9(11)13;1-11-3-2-5-6(4-11)13-8(10-5)7(9)12;1-2-9-8(11)10-6-4-3-5-7-10/h1-4,12H,(H2,11,13);2-4H2,1H3,(H2,9,12);2-7H2,1H3,(H,9,11). The third kappa shape index (κ3) is 8.17. The molecule has 1 fully saturated rings. The van der Waals surface area contributed by atoms with E-state index in [0.29, 0.717) is 15.7 Å². The number of benzene rings is 1. The first-order valence-electron chi connectivity index (χ1n) is 12.3. The van der Waals surface area contributed by atoms with Gasteiger partial charge in [0.15, 0.2) is 5.01 Å². The van der Waals surface area contributed by atoms with Crippen molar-refractivity contribution in [2.75, 3.05) is 33.2 Å². The molecule has 200 valence electrons. The fourth-order valence-corrected chi connectivity index (χ4v) is 5.25. The highest BCUT2D eigenvalue weighted by atomic mass is 35.5. The van der Waals surface area contributed by atoms with Gasteiger partial charge in [0.05, 0.1) is 5.69 Å². The number of hydrogen-bond acceptors (Lipinski definition) is 6. The Morgan fingerprint density at radius 2 is 1.84 bits per heavy atom. The summed E-state index contributed by atoms with van der Waals surface area (Å²) in [4.78, 5) is 45.3. The molecule has 1 aromatic carbocycles. The number of nitrogens with one attached hydrogen (secondary N) is 2. The molecule has 0 aliphatic carbocycles. The predicted molar refractivity (Wildman–Crippen MR) is 147 cm³/mol. The maximum atomic E-state index is 11.2. The Morgan fingerprint density at radius 3 is 2.49 bits per heavy atom. The second kappa shape index (κ2) is 13.4. The minimum atomic E-state index is -0.465. The zero-order valence-electron chi connectivity index (χ0n) is 21.2. The van der Waals surface area contributed by atoms with Gasteiger partial charge < -0.3 is 31.6 Å². The normalized spacial score (nSPS) is 15.1. The van der Waals surface area contributed by atoms with Crippen molar-refractivity contribution >= 4 is 51.7 Å². The van der Waals surface area contributed by atoms with Crippen molar-refractivity contribution in [2.45, 2.75) is 39.2 Å². The van der Waals surface area contributed by atoms with E-state index in [1.807, 2.05) is 17.9 Å². The Kier molecular flexibility index (Phi) is 10.3. The highest BCUT2D eigenvalue weighted by Crippen LogP contribution is 2.24. The Balaban J connectivity index is 0.000000155. The van der Waals surface area contributed by atoms with Crippen molar-refractivity contribution in [1.82, 2.24) is 25.1 Å². The molecule has 10 nitrogen and oxygen atoms in total. The highest BCUT2D eigenvalue weighted by molar-refractivity contribution is 7.13. The van der Waals surface area contributed by atoms with Gasteiger partial charge in [0.2, 0.25) is 0 Å². The molecule has 2 aliphatic heterocycles. The van der Waals surface area contributed by atoms with Gasteiger partial charge in [-0.2, -0.15) is 0 Å². The molecule has 0 spiro atoms. The van der Waals surface area contributed by atoms with E-state index in [0.717, 1.165) is 68.6 Å². The number of nitrogens with two attached hydrogens (primary N) is 2. The lowest BCUT2D eigenvalue weighted by Crippen LogP contribution is -2.42. The molecule has 3 aromatic rings. The van der Waals surface area contributed by atoms with Gasteiger partial charge in [-0.3, -0.25) is 9.59 Å². The van der Waals surface area contributed by atoms with Crippen molar-refractivity contribution in [3.05, 3.63) is 50.6 Å². The lowest BCUT2D eigenvalue weighted by atomic mass is 10.1. The number of carbonyl (C=O) groups excluding carboxylic acids is 3. The van der Waals surface area contributed by atoms with Crippen LogP contribution >= 0.6 is 22.9 Å². The molecular formula is C25H34ClN7O3S. The van der Waals surface area contributed by atoms with E-state index in [2.05, 4.69) is 27.2 Å². The van der Waals surface area contributed by atoms with Crippen LogP contribution in [0.25, 0.3) is 10.9 Å². The number of amides is 4. The van der Waals surface area contributed by atoms with E-state index in [-0.39, 0.29) is 6.03 Å². The number of aromatic nitrogens is 2. The quantitative estimate of drug-likeness (QED) is 0.396. The first-order chi connectivity index (χ1) is 17.7. The number of carbonyl (C=O) groups is 3. The first kappa shape index (κ1) is 28.4. The topological polar surface area (TPSA) is 150 Å². The summed E-state index contributed by atoms with van der Waals surface area (Å²) in [7, 11) is 2.06. The van der Waals surface area contributed by atoms with Gasteiger partial charge in [-0.15, -0.1) is 11.3 Å². The SMILES string of the molecule is CCNC(=O)N1CCCCC1.CN1CCc2nc(C(N)=O)sc2C1.NC(=O)c1cc2cc(Cl)ccc2[nH]1. The number of fused-ring (bicyclic) bond motifs is 2. The summed E-state index contributed by atoms with van der Waals surface area (Å²) < 4.78 is 0. The van der Waals surface area contributed by atoms with Gasteiger partial charge in [-0.05, 0) is 57.5 Å². The lowest BCUT2D eigenvalue weighted by molar-refractivity contribution is 0.0989. The molecule has 6 N–H and O–H groups in total. The molecule has 4 amide bonds. The van der Waals surface area contributed by atoms with Crippen LogP contribution in [0.2, 0.25) is 5.02 Å². The maximum Gasteiger partial charge on any atom is 0.317 e. The lowest BCUT2D eigenvalue weighted by Gasteiger charge is -2.26. The summed E-state index contributed by atoms with van der Waals surface area (Å²) in [5.74, 6) is -0.880. The van der Waals surface area contributed by atoms with Crippen molar-refractivity contribution < 1.29 is 14.4 Å². The number of halogens is 1. The Hall–Kier alpha value is -3.15. The van der Waals surface area contributed by atoms with Crippen LogP contribution in [0.4, 0.5) is 4.79 Å². The zero-order valence-corrected chi connectivity index (χ0v) is 22.8. The fraction of sp³-hybridized carbons (Fsp3) is 0.440. The molecule has 5 rings (SSSR count). The van der Waals surface area contributed by atoms with Gasteiger partial charge >= 0.3 is 6.03 Å². The van der Waals surface area contributed by atoms with E-state index in [9.17, 15) is 14.4 Å². The third-order valence-corrected chi connectivity index (χ3v) is 7.28. The number of likely N-dealkylation sites (tertiary alicyclic amines) is 1. The number of aromatic amines is 1. The molecule has 37 heavy (non-hydrogen) atoms. The number of nitrogens with zero attached hydrogens (tertiary/aromatic N) is 3. The molecule has 0 unspecified atom stereocenters. The average molecular weight is 548 g/mol. The largest absolute Gasteiger partial charge is 0.364 e. The Morgan fingerprint density at radius 1 is 1.11 bits per heavy atom. The minimum Gasteiger partial charge on any atom is -0.364 e. The molecule has 12 heteroatoms. The summed E-state index contributed by atoms with van der Waals surface area (Å²) in [5.41, 5.74) is 12.6. The monoisotopic (exact) mass is 547 g/mol. The van der Waals surface area contributed by atoms with Gasteiger partial charge in [-0.25, -0.2) is 9.78 Å². The van der Waals surface area contributed by atoms with Crippen LogP contribution in [-0.2, 0) is 13.0 Å². The maximum absolute atomic E-state index is 11.2. The number of thiazole rings is 1. The van der Waals surface area contributed by atoms with Crippen molar-refractivity contribution in [1.29, 1.82) is 0 Å². The van der Waals surface area contributed by atoms with Crippen LogP contribution in [0.1, 0.15) is 57.0 Å². The summed E-state index contributed by atoms with van der Waals surface area (Å²) in [6.07, 6.45) is 4.53. The fourth-order valence-electron chi connectivity index (χ4n) is 4.02.